The molecule has 2 aliphatic carbocycles. The maximum Gasteiger partial charge on any atom is 0.407 e. The second kappa shape index (κ2) is 10.5. The van der Waals surface area contributed by atoms with Gasteiger partial charge in [-0.25, -0.2) is 9.59 Å². The van der Waals surface area contributed by atoms with Gasteiger partial charge in [0.2, 0.25) is 5.91 Å². The Balaban J connectivity index is 1.39. The fourth-order valence-electron chi connectivity index (χ4n) is 5.49. The van der Waals surface area contributed by atoms with E-state index in [2.05, 4.69) is 34.9 Å². The number of amides is 2. The molecule has 4 rings (SSSR count). The van der Waals surface area contributed by atoms with Gasteiger partial charge in [0.05, 0.1) is 5.54 Å². The first-order chi connectivity index (χ1) is 16.8. The molecule has 0 spiro atoms. The number of aliphatic carboxylic acids is 1. The first kappa shape index (κ1) is 24.8. The third-order valence-electron chi connectivity index (χ3n) is 7.11. The summed E-state index contributed by atoms with van der Waals surface area (Å²) in [5, 5.41) is 15.1. The number of hydrogen-bond acceptors (Lipinski definition) is 4. The van der Waals surface area contributed by atoms with Crippen LogP contribution >= 0.6 is 0 Å². The molecule has 2 aromatic rings. The number of rotatable bonds is 9. The number of carbonyl (C=O) groups is 3. The van der Waals surface area contributed by atoms with Crippen molar-refractivity contribution in [1.29, 1.82) is 0 Å². The molecule has 35 heavy (non-hydrogen) atoms. The Morgan fingerprint density at radius 2 is 1.57 bits per heavy atom. The van der Waals surface area contributed by atoms with Crippen molar-refractivity contribution < 1.29 is 24.2 Å². The van der Waals surface area contributed by atoms with Crippen LogP contribution in [0.3, 0.4) is 0 Å². The molecule has 0 aromatic heterocycles. The minimum atomic E-state index is -1.04. The van der Waals surface area contributed by atoms with E-state index in [1.807, 2.05) is 38.1 Å². The lowest BCUT2D eigenvalue weighted by atomic mass is 9.92. The van der Waals surface area contributed by atoms with E-state index in [1.165, 1.54) is 0 Å². The number of benzene rings is 2. The van der Waals surface area contributed by atoms with Crippen LogP contribution in [0, 0.1) is 5.92 Å². The van der Waals surface area contributed by atoms with E-state index in [4.69, 9.17) is 4.74 Å². The monoisotopic (exact) mass is 478 g/mol. The van der Waals surface area contributed by atoms with Crippen molar-refractivity contribution in [2.24, 2.45) is 5.92 Å². The van der Waals surface area contributed by atoms with Gasteiger partial charge in [-0.05, 0) is 47.4 Å². The summed E-state index contributed by atoms with van der Waals surface area (Å²) in [4.78, 5) is 37.2. The van der Waals surface area contributed by atoms with Gasteiger partial charge in [-0.1, -0.05) is 75.2 Å². The van der Waals surface area contributed by atoms with Crippen LogP contribution in [0.5, 0.6) is 0 Å². The summed E-state index contributed by atoms with van der Waals surface area (Å²) in [7, 11) is 0. The topological polar surface area (TPSA) is 105 Å². The number of carboxylic acids is 1. The van der Waals surface area contributed by atoms with Gasteiger partial charge < -0.3 is 20.5 Å². The highest BCUT2D eigenvalue weighted by Gasteiger charge is 2.39. The quantitative estimate of drug-likeness (QED) is 0.478. The van der Waals surface area contributed by atoms with Gasteiger partial charge in [-0.2, -0.15) is 0 Å². The number of ether oxygens (including phenoxy) is 1. The number of carbonyl (C=O) groups excluding carboxylic acids is 2. The maximum atomic E-state index is 12.9. The van der Waals surface area contributed by atoms with Gasteiger partial charge in [0.25, 0.3) is 0 Å². The second-order valence-corrected chi connectivity index (χ2v) is 10.2. The summed E-state index contributed by atoms with van der Waals surface area (Å²) in [5.74, 6) is -1.31. The third-order valence-corrected chi connectivity index (χ3v) is 7.11. The van der Waals surface area contributed by atoms with Gasteiger partial charge in [0.1, 0.15) is 12.6 Å². The first-order valence-electron chi connectivity index (χ1n) is 12.4. The molecule has 1 fully saturated rings. The molecule has 2 aromatic carbocycles. The van der Waals surface area contributed by atoms with Crippen LogP contribution in [-0.2, 0) is 14.3 Å². The third kappa shape index (κ3) is 5.66. The van der Waals surface area contributed by atoms with Crippen LogP contribution in [0.15, 0.2) is 48.5 Å². The number of nitrogens with one attached hydrogen (secondary N) is 2. The van der Waals surface area contributed by atoms with E-state index in [-0.39, 0.29) is 30.8 Å². The smallest absolute Gasteiger partial charge is 0.407 e. The van der Waals surface area contributed by atoms with E-state index in [1.54, 1.807) is 0 Å². The highest BCUT2D eigenvalue weighted by Crippen LogP contribution is 2.44. The molecular weight excluding hydrogens is 444 g/mol. The van der Waals surface area contributed by atoms with Gasteiger partial charge in [0, 0.05) is 12.3 Å². The summed E-state index contributed by atoms with van der Waals surface area (Å²) >= 11 is 0. The van der Waals surface area contributed by atoms with Crippen molar-refractivity contribution in [2.75, 3.05) is 6.61 Å². The van der Waals surface area contributed by atoms with E-state index in [0.29, 0.717) is 19.3 Å². The highest BCUT2D eigenvalue weighted by atomic mass is 16.5. The van der Waals surface area contributed by atoms with E-state index in [9.17, 15) is 19.5 Å². The van der Waals surface area contributed by atoms with Crippen LogP contribution < -0.4 is 10.6 Å². The average molecular weight is 479 g/mol. The Morgan fingerprint density at radius 1 is 1.00 bits per heavy atom. The zero-order chi connectivity index (χ0) is 25.0. The molecular formula is C28H34N2O5. The van der Waals surface area contributed by atoms with Crippen LogP contribution in [-0.4, -0.2) is 41.3 Å². The summed E-state index contributed by atoms with van der Waals surface area (Å²) < 4.78 is 5.70. The predicted octanol–water partition coefficient (Wildman–Crippen LogP) is 4.84. The Morgan fingerprint density at radius 3 is 2.11 bits per heavy atom. The average Bonchev–Trinajstić information content (AvgIpc) is 3.39. The van der Waals surface area contributed by atoms with Crippen LogP contribution in [0.1, 0.15) is 69.4 Å². The SMILES string of the molecule is CC(C)CC(NC(=O)CC1(NC(=O)OCC2c3ccccc3-c3ccccc32)CCCC1)C(=O)O. The molecule has 7 heteroatoms. The van der Waals surface area contributed by atoms with Gasteiger partial charge >= 0.3 is 12.1 Å². The van der Waals surface area contributed by atoms with Crippen molar-refractivity contribution in [2.45, 2.75) is 69.9 Å². The largest absolute Gasteiger partial charge is 0.480 e. The van der Waals surface area contributed by atoms with Crippen molar-refractivity contribution in [1.82, 2.24) is 10.6 Å². The van der Waals surface area contributed by atoms with Crippen LogP contribution in [0.25, 0.3) is 11.1 Å². The van der Waals surface area contributed by atoms with Crippen LogP contribution in [0.2, 0.25) is 0 Å². The standard InChI is InChI=1S/C28H34N2O5/c1-18(2)15-24(26(32)33)29-25(31)16-28(13-7-8-14-28)30-27(34)35-17-23-21-11-5-3-9-19(21)20-10-4-6-12-22(20)23/h3-6,9-12,18,23-24H,7-8,13-17H2,1-2H3,(H,29,31)(H,30,34)(H,32,33). The van der Waals surface area contributed by atoms with E-state index < -0.39 is 23.6 Å². The molecule has 1 unspecified atom stereocenters. The zero-order valence-electron chi connectivity index (χ0n) is 20.4. The predicted molar refractivity (Wildman–Crippen MR) is 133 cm³/mol. The summed E-state index contributed by atoms with van der Waals surface area (Å²) in [5.41, 5.74) is 3.89. The molecule has 1 atom stereocenters. The fourth-order valence-corrected chi connectivity index (χ4v) is 5.49. The number of hydrogen-bond donors (Lipinski definition) is 3. The fraction of sp³-hybridized carbons (Fsp3) is 0.464. The molecule has 0 bridgehead atoms. The molecule has 1 saturated carbocycles. The lowest BCUT2D eigenvalue weighted by molar-refractivity contribution is -0.142. The van der Waals surface area contributed by atoms with Crippen molar-refractivity contribution in [3.05, 3.63) is 59.7 Å². The normalized spacial score (nSPS) is 16.9. The summed E-state index contributed by atoms with van der Waals surface area (Å²) in [6, 6.07) is 15.4. The molecule has 0 saturated heterocycles. The van der Waals surface area contributed by atoms with Crippen molar-refractivity contribution in [3.8, 4) is 11.1 Å². The molecule has 186 valence electrons. The van der Waals surface area contributed by atoms with Crippen LogP contribution in [0.4, 0.5) is 4.79 Å². The maximum absolute atomic E-state index is 12.9. The molecule has 0 aliphatic heterocycles. The molecule has 2 amide bonds. The van der Waals surface area contributed by atoms with E-state index >= 15 is 0 Å². The van der Waals surface area contributed by atoms with Gasteiger partial charge in [-0.3, -0.25) is 4.79 Å². The molecule has 0 radical (unpaired) electrons. The minimum absolute atomic E-state index is 0.0386. The molecule has 7 nitrogen and oxygen atoms in total. The Bertz CT molecular complexity index is 1040. The molecule has 0 heterocycles. The number of fused-ring (bicyclic) bond motifs is 3. The highest BCUT2D eigenvalue weighted by molar-refractivity contribution is 5.85. The Labute approximate surface area is 206 Å². The summed E-state index contributed by atoms with van der Waals surface area (Å²) in [6.07, 6.45) is 2.96. The van der Waals surface area contributed by atoms with E-state index in [0.717, 1.165) is 35.1 Å². The van der Waals surface area contributed by atoms with Crippen molar-refractivity contribution >= 4 is 18.0 Å². The lowest BCUT2D eigenvalue weighted by Gasteiger charge is -2.30. The zero-order valence-corrected chi connectivity index (χ0v) is 20.4. The molecule has 2 aliphatic rings. The lowest BCUT2D eigenvalue weighted by Crippen LogP contribution is -2.51. The van der Waals surface area contributed by atoms with Crippen molar-refractivity contribution in [3.63, 3.8) is 0 Å². The molecule has 3 N–H and O–H groups in total. The number of carboxylic acid groups (broad SMARTS) is 1. The van der Waals surface area contributed by atoms with Gasteiger partial charge in [0.15, 0.2) is 0 Å². The second-order valence-electron chi connectivity index (χ2n) is 10.2. The first-order valence-corrected chi connectivity index (χ1v) is 12.4. The minimum Gasteiger partial charge on any atom is -0.480 e. The van der Waals surface area contributed by atoms with Gasteiger partial charge in [-0.15, -0.1) is 0 Å². The Hall–Kier alpha value is -3.35. The summed E-state index contributed by atoms with van der Waals surface area (Å²) in [6.45, 7) is 4.04. The number of alkyl carbamates (subject to hydrolysis) is 1. The Kier molecular flexibility index (Phi) is 7.43.